The van der Waals surface area contributed by atoms with Gasteiger partial charge in [0.05, 0.1) is 0 Å². The Morgan fingerprint density at radius 1 is 0.824 bits per heavy atom. The molecule has 0 atom stereocenters. The molecule has 0 heterocycles. The Morgan fingerprint density at radius 2 is 1.53 bits per heavy atom. The van der Waals surface area contributed by atoms with E-state index in [4.69, 9.17) is 0 Å². The highest BCUT2D eigenvalue weighted by atomic mass is 127. The highest BCUT2D eigenvalue weighted by Crippen LogP contribution is 2.17. The highest BCUT2D eigenvalue weighted by Gasteiger charge is 2.01. The van der Waals surface area contributed by atoms with Crippen LogP contribution in [0.5, 0.6) is 0 Å². The van der Waals surface area contributed by atoms with E-state index in [9.17, 15) is 3.07 Å². The first-order valence-electron chi connectivity index (χ1n) is 5.79. The minimum Gasteiger partial charge on any atom is -0.265 e. The van der Waals surface area contributed by atoms with E-state index >= 15 is 0 Å². The molecule has 0 spiro atoms. The van der Waals surface area contributed by atoms with E-state index in [1.54, 1.807) is 0 Å². The summed E-state index contributed by atoms with van der Waals surface area (Å²) in [5.41, 5.74) is 2.63. The van der Waals surface area contributed by atoms with Gasteiger partial charge in [0.15, 0.2) is 21.2 Å². The molecule has 0 radical (unpaired) electrons. The molecule has 0 aliphatic carbocycles. The van der Waals surface area contributed by atoms with E-state index in [2.05, 4.69) is 30.3 Å². The van der Waals surface area contributed by atoms with Crippen molar-refractivity contribution in [3.05, 3.63) is 69.3 Å². The molecule has 2 aromatic rings. The standard InChI is InChI=1S/C15H15IO/c17-16-15-12-5-4-10-14(15)11-6-9-13-7-2-1-3-8-13/h1-5,7-8,10,12H,6,9,11H2. The molecule has 0 aromatic heterocycles. The Bertz CT molecular complexity index is 479. The topological polar surface area (TPSA) is 17.1 Å². The minimum atomic E-state index is -1.04. The van der Waals surface area contributed by atoms with Crippen LogP contribution in [0.2, 0.25) is 0 Å². The van der Waals surface area contributed by atoms with Crippen LogP contribution in [0.25, 0.3) is 0 Å². The zero-order valence-electron chi connectivity index (χ0n) is 9.60. The average Bonchev–Trinajstić information content (AvgIpc) is 2.40. The van der Waals surface area contributed by atoms with Crippen molar-refractivity contribution < 1.29 is 3.07 Å². The number of benzene rings is 2. The van der Waals surface area contributed by atoms with Crippen molar-refractivity contribution in [3.8, 4) is 0 Å². The van der Waals surface area contributed by atoms with Gasteiger partial charge in [-0.3, -0.25) is 3.07 Å². The van der Waals surface area contributed by atoms with Crippen molar-refractivity contribution in [1.82, 2.24) is 0 Å². The first-order valence-corrected chi connectivity index (χ1v) is 7.75. The van der Waals surface area contributed by atoms with Gasteiger partial charge in [0, 0.05) is 3.57 Å². The summed E-state index contributed by atoms with van der Waals surface area (Å²) in [7, 11) is 0. The SMILES string of the molecule is O=Ic1ccccc1CCCc1ccccc1. The second-order valence-corrected chi connectivity index (χ2v) is 5.61. The normalized spacial score (nSPS) is 10.4. The zero-order valence-corrected chi connectivity index (χ0v) is 11.8. The van der Waals surface area contributed by atoms with Crippen LogP contribution in [0.3, 0.4) is 0 Å². The Balaban J connectivity index is 1.92. The number of hydrogen-bond donors (Lipinski definition) is 0. The summed E-state index contributed by atoms with van der Waals surface area (Å²) < 4.78 is 12.2. The van der Waals surface area contributed by atoms with E-state index < -0.39 is 21.2 Å². The predicted octanol–water partition coefficient (Wildman–Crippen LogP) is 4.35. The summed E-state index contributed by atoms with van der Waals surface area (Å²) in [6.07, 6.45) is 3.23. The molecule has 2 aromatic carbocycles. The molecule has 88 valence electrons. The Kier molecular flexibility index (Phi) is 4.86. The number of halogens is 1. The first-order chi connectivity index (χ1) is 8.40. The van der Waals surface area contributed by atoms with E-state index in [0.29, 0.717) is 0 Å². The summed E-state index contributed by atoms with van der Waals surface area (Å²) in [5.74, 6) is 0. The zero-order chi connectivity index (χ0) is 11.9. The first kappa shape index (κ1) is 12.4. The largest absolute Gasteiger partial charge is 0.265 e. The van der Waals surface area contributed by atoms with Gasteiger partial charge in [0.2, 0.25) is 0 Å². The molecule has 0 unspecified atom stereocenters. The quantitative estimate of drug-likeness (QED) is 0.741. The van der Waals surface area contributed by atoms with Crippen molar-refractivity contribution in [2.45, 2.75) is 19.3 Å². The minimum absolute atomic E-state index is 1.02. The van der Waals surface area contributed by atoms with Crippen LogP contribution in [0.15, 0.2) is 54.6 Å². The van der Waals surface area contributed by atoms with Crippen LogP contribution < -0.4 is 0 Å². The molecule has 17 heavy (non-hydrogen) atoms. The molecule has 0 saturated carbocycles. The van der Waals surface area contributed by atoms with Gasteiger partial charge < -0.3 is 0 Å². The summed E-state index contributed by atoms with van der Waals surface area (Å²) in [6.45, 7) is 0. The fourth-order valence-corrected chi connectivity index (χ4v) is 2.99. The van der Waals surface area contributed by atoms with E-state index in [1.807, 2.05) is 24.3 Å². The van der Waals surface area contributed by atoms with E-state index in [0.717, 1.165) is 22.8 Å². The molecular formula is C15H15IO. The number of aryl methyl sites for hydroxylation is 2. The molecule has 0 fully saturated rings. The molecule has 0 amide bonds. The molecule has 1 nitrogen and oxygen atoms in total. The van der Waals surface area contributed by atoms with Gasteiger partial charge in [-0.2, -0.15) is 0 Å². The molecule has 0 bridgehead atoms. The van der Waals surface area contributed by atoms with Crippen molar-refractivity contribution in [3.63, 3.8) is 0 Å². The summed E-state index contributed by atoms with van der Waals surface area (Å²) in [6, 6.07) is 18.6. The van der Waals surface area contributed by atoms with Gasteiger partial charge in [-0.15, -0.1) is 0 Å². The van der Waals surface area contributed by atoms with Crippen LogP contribution >= 0.6 is 21.2 Å². The average molecular weight is 338 g/mol. The van der Waals surface area contributed by atoms with Gasteiger partial charge in [0.1, 0.15) is 0 Å². The van der Waals surface area contributed by atoms with E-state index in [-0.39, 0.29) is 0 Å². The molecule has 0 N–H and O–H groups in total. The Morgan fingerprint density at radius 3 is 2.29 bits per heavy atom. The summed E-state index contributed by atoms with van der Waals surface area (Å²) >= 11 is -1.04. The molecule has 0 aliphatic heterocycles. The maximum absolute atomic E-state index is 11.1. The monoisotopic (exact) mass is 338 g/mol. The van der Waals surface area contributed by atoms with Gasteiger partial charge >= 0.3 is 0 Å². The van der Waals surface area contributed by atoms with Crippen molar-refractivity contribution in [1.29, 1.82) is 0 Å². The summed E-state index contributed by atoms with van der Waals surface area (Å²) in [5, 5.41) is 0. The van der Waals surface area contributed by atoms with Crippen LogP contribution in [0, 0.1) is 3.57 Å². The number of hydrogen-bond acceptors (Lipinski definition) is 1. The van der Waals surface area contributed by atoms with Gasteiger partial charge in [-0.05, 0) is 36.5 Å². The van der Waals surface area contributed by atoms with Crippen molar-refractivity contribution in [2.24, 2.45) is 0 Å². The summed E-state index contributed by atoms with van der Waals surface area (Å²) in [4.78, 5) is 0. The second-order valence-electron chi connectivity index (χ2n) is 4.01. The fraction of sp³-hybridized carbons (Fsp3) is 0.200. The van der Waals surface area contributed by atoms with Gasteiger partial charge in [0.25, 0.3) is 0 Å². The van der Waals surface area contributed by atoms with Gasteiger partial charge in [-0.1, -0.05) is 48.5 Å². The van der Waals surface area contributed by atoms with Crippen LogP contribution in [0.1, 0.15) is 17.5 Å². The van der Waals surface area contributed by atoms with Crippen LogP contribution in [0.4, 0.5) is 0 Å². The third-order valence-corrected chi connectivity index (χ3v) is 4.32. The van der Waals surface area contributed by atoms with E-state index in [1.165, 1.54) is 11.1 Å². The third kappa shape index (κ3) is 3.73. The lowest BCUT2D eigenvalue weighted by molar-refractivity contribution is 0.647. The lowest BCUT2D eigenvalue weighted by Gasteiger charge is -2.04. The number of rotatable bonds is 5. The molecular weight excluding hydrogens is 323 g/mol. The molecule has 2 heteroatoms. The Labute approximate surface area is 113 Å². The van der Waals surface area contributed by atoms with Gasteiger partial charge in [-0.25, -0.2) is 0 Å². The predicted molar refractivity (Wildman–Crippen MR) is 78.3 cm³/mol. The fourth-order valence-electron chi connectivity index (χ4n) is 1.90. The Hall–Kier alpha value is -1.03. The highest BCUT2D eigenvalue weighted by molar-refractivity contribution is 14.1. The van der Waals surface area contributed by atoms with Crippen molar-refractivity contribution in [2.75, 3.05) is 0 Å². The van der Waals surface area contributed by atoms with Crippen LogP contribution in [-0.2, 0) is 15.9 Å². The second kappa shape index (κ2) is 6.64. The van der Waals surface area contributed by atoms with Crippen molar-refractivity contribution >= 4 is 21.2 Å². The smallest absolute Gasteiger partial charge is 0.182 e. The lowest BCUT2D eigenvalue weighted by Crippen LogP contribution is -1.92. The maximum Gasteiger partial charge on any atom is 0.182 e. The van der Waals surface area contributed by atoms with Crippen LogP contribution in [-0.4, -0.2) is 0 Å². The third-order valence-electron chi connectivity index (χ3n) is 2.80. The maximum atomic E-state index is 11.1. The molecule has 0 aliphatic rings. The lowest BCUT2D eigenvalue weighted by atomic mass is 10.0. The molecule has 0 saturated heterocycles. The molecule has 2 rings (SSSR count).